The summed E-state index contributed by atoms with van der Waals surface area (Å²) in [7, 11) is -5.39. The first-order chi connectivity index (χ1) is 2.00. The van der Waals surface area contributed by atoms with Gasteiger partial charge in [-0.05, 0) is 0 Å². The fourth-order valence-electron chi connectivity index (χ4n) is 0. The van der Waals surface area contributed by atoms with E-state index in [0.29, 0.717) is 0 Å². The van der Waals surface area contributed by atoms with Crippen LogP contribution in [-0.4, -0.2) is 0 Å². The van der Waals surface area contributed by atoms with Crippen LogP contribution >= 0.6 is 7.82 Å². The molecule has 1 radical (unpaired) electrons. The topological polar surface area (TPSA) is 86.2 Å². The van der Waals surface area contributed by atoms with Crippen LogP contribution in [0.25, 0.3) is 0 Å². The normalized spacial score (nSPS) is 7.38. The summed E-state index contributed by atoms with van der Waals surface area (Å²) >= 11 is 0. The van der Waals surface area contributed by atoms with Crippen molar-refractivity contribution in [1.82, 2.24) is 0 Å². The van der Waals surface area contributed by atoms with Crippen molar-refractivity contribution >= 4 is 7.82 Å². The first-order valence-corrected chi connectivity index (χ1v) is 2.19. The van der Waals surface area contributed by atoms with Crippen LogP contribution in [0.1, 0.15) is 0 Å². The van der Waals surface area contributed by atoms with Crippen molar-refractivity contribution < 1.29 is 77.6 Å². The fraction of sp³-hybridized carbons (Fsp3) is 0. The van der Waals surface area contributed by atoms with Gasteiger partial charge < -0.3 is 19.2 Å². The number of rotatable bonds is 0. The van der Waals surface area contributed by atoms with Crippen LogP contribution in [0.5, 0.6) is 0 Å². The first-order valence-electron chi connectivity index (χ1n) is 0.730. The van der Waals surface area contributed by atoms with Gasteiger partial charge in [0.1, 0.15) is 0 Å². The smallest absolute Gasteiger partial charge is 0.822 e. The van der Waals surface area contributed by atoms with Gasteiger partial charge in [-0.3, -0.25) is 0 Å². The van der Waals surface area contributed by atoms with Gasteiger partial charge in [0.05, 0.1) is 0 Å². The molecule has 0 rings (SSSR count). The molecule has 0 N–H and O–H groups in total. The maximum Gasteiger partial charge on any atom is 2.00 e. The van der Waals surface area contributed by atoms with E-state index in [2.05, 4.69) is 0 Å². The summed E-state index contributed by atoms with van der Waals surface area (Å²) in [6.45, 7) is 0. The molecule has 0 aliphatic heterocycles. The Bertz CT molecular complexity index is 62.2. The van der Waals surface area contributed by atoms with E-state index in [0.717, 1.165) is 0 Å². The van der Waals surface area contributed by atoms with Crippen molar-refractivity contribution in [2.45, 2.75) is 0 Å². The Morgan fingerprint density at radius 1 is 1.12 bits per heavy atom. The third-order valence-electron chi connectivity index (χ3n) is 0. The largest absolute Gasteiger partial charge is 2.00 e. The standard InChI is InChI=1S/Ag.Li.Mn.H3O4P/c;;;1-5(2,3)4/h;;;(H3,1,2,3,4)/q2*+1;+2;/p-3. The Morgan fingerprint density at radius 2 is 1.12 bits per heavy atom. The van der Waals surface area contributed by atoms with Crippen LogP contribution in [0.3, 0.4) is 0 Å². The first kappa shape index (κ1) is 22.5. The van der Waals surface area contributed by atoms with Crippen LogP contribution < -0.4 is 33.5 Å². The maximum atomic E-state index is 8.55. The zero-order valence-corrected chi connectivity index (χ0v) is 7.32. The molecule has 8 heteroatoms. The number of hydrogen-bond donors (Lipinski definition) is 0. The van der Waals surface area contributed by atoms with Crippen LogP contribution in [-0.2, 0) is 44.0 Å². The van der Waals surface area contributed by atoms with E-state index in [1.807, 2.05) is 0 Å². The second kappa shape index (κ2) is 8.97. The van der Waals surface area contributed by atoms with Gasteiger partial charge in [0.2, 0.25) is 0 Å². The van der Waals surface area contributed by atoms with Crippen LogP contribution in [0, 0.1) is 0 Å². The Kier molecular flexibility index (Phi) is 25.2. The number of phosphoric acid groups is 1. The number of hydrogen-bond acceptors (Lipinski definition) is 4. The molecule has 0 aromatic heterocycles. The monoisotopic (exact) mass is 264 g/mol. The molecule has 0 saturated carbocycles. The molecule has 0 fully saturated rings. The van der Waals surface area contributed by atoms with E-state index in [9.17, 15) is 0 Å². The summed E-state index contributed by atoms with van der Waals surface area (Å²) in [6, 6.07) is 0. The van der Waals surface area contributed by atoms with Crippen molar-refractivity contribution in [1.29, 1.82) is 0 Å². The average molecular weight is 265 g/mol. The van der Waals surface area contributed by atoms with Crippen molar-refractivity contribution in [3.8, 4) is 0 Å². The van der Waals surface area contributed by atoms with Crippen LogP contribution in [0.4, 0.5) is 0 Å². The minimum Gasteiger partial charge on any atom is -0.822 e. The predicted molar refractivity (Wildman–Crippen MR) is 7.61 cm³/mol. The van der Waals surface area contributed by atoms with Crippen molar-refractivity contribution in [3.05, 3.63) is 0 Å². The van der Waals surface area contributed by atoms with Gasteiger partial charge in [-0.15, -0.1) is 0 Å². The fourth-order valence-corrected chi connectivity index (χ4v) is 0. The van der Waals surface area contributed by atoms with E-state index >= 15 is 0 Å². The third kappa shape index (κ3) is 99.9. The molecular formula is AgLiMnO4P+. The molecule has 8 heavy (non-hydrogen) atoms. The molecule has 0 atom stereocenters. The van der Waals surface area contributed by atoms with Gasteiger partial charge >= 0.3 is 58.3 Å². The van der Waals surface area contributed by atoms with E-state index in [4.69, 9.17) is 19.2 Å². The van der Waals surface area contributed by atoms with Gasteiger partial charge in [-0.1, -0.05) is 0 Å². The van der Waals surface area contributed by atoms with Crippen molar-refractivity contribution in [2.75, 3.05) is 0 Å². The Balaban J connectivity index is -0.0000000267. The molecule has 0 unspecified atom stereocenters. The van der Waals surface area contributed by atoms with Gasteiger partial charge in [0.25, 0.3) is 0 Å². The molecule has 0 aromatic carbocycles. The van der Waals surface area contributed by atoms with E-state index in [1.165, 1.54) is 0 Å². The summed E-state index contributed by atoms with van der Waals surface area (Å²) in [4.78, 5) is 25.6. The Labute approximate surface area is 84.8 Å². The predicted octanol–water partition coefficient (Wildman–Crippen LogP) is -5.83. The van der Waals surface area contributed by atoms with E-state index < -0.39 is 7.82 Å². The average Bonchev–Trinajstić information content (AvgIpc) is 0.722. The third-order valence-corrected chi connectivity index (χ3v) is 0. The SMILES string of the molecule is O=P([O-])([O-])[O-].[Ag+].[Li+].[Mn+2]. The Morgan fingerprint density at radius 3 is 1.12 bits per heavy atom. The molecule has 0 spiro atoms. The molecular weight excluding hydrogens is 265 g/mol. The molecule has 0 saturated heterocycles. The molecule has 0 aromatic rings. The van der Waals surface area contributed by atoms with Crippen molar-refractivity contribution in [3.63, 3.8) is 0 Å². The van der Waals surface area contributed by atoms with Crippen molar-refractivity contribution in [2.24, 2.45) is 0 Å². The van der Waals surface area contributed by atoms with Crippen LogP contribution in [0.2, 0.25) is 0 Å². The van der Waals surface area contributed by atoms with E-state index in [1.54, 1.807) is 0 Å². The van der Waals surface area contributed by atoms with Gasteiger partial charge in [-0.2, -0.15) is 7.82 Å². The molecule has 0 heterocycles. The minimum absolute atomic E-state index is 0. The zero-order valence-electron chi connectivity index (χ0n) is 3.76. The molecule has 47 valence electrons. The second-order valence-electron chi connectivity index (χ2n) is 0.447. The molecule has 0 aliphatic carbocycles. The van der Waals surface area contributed by atoms with Gasteiger partial charge in [0, 0.05) is 0 Å². The summed E-state index contributed by atoms with van der Waals surface area (Å²) in [5.41, 5.74) is 0. The van der Waals surface area contributed by atoms with Gasteiger partial charge in [-0.25, -0.2) is 0 Å². The molecule has 0 amide bonds. The maximum absolute atomic E-state index is 8.55. The minimum atomic E-state index is -5.39. The molecule has 0 aliphatic rings. The quantitative estimate of drug-likeness (QED) is 0.322. The summed E-state index contributed by atoms with van der Waals surface area (Å²) < 4.78 is 8.55. The van der Waals surface area contributed by atoms with Gasteiger partial charge in [0.15, 0.2) is 0 Å². The zero-order chi connectivity index (χ0) is 4.50. The summed E-state index contributed by atoms with van der Waals surface area (Å²) in [5, 5.41) is 0. The molecule has 4 nitrogen and oxygen atoms in total. The Hall–Kier alpha value is 1.97. The van der Waals surface area contributed by atoms with Crippen LogP contribution in [0.15, 0.2) is 0 Å². The summed E-state index contributed by atoms with van der Waals surface area (Å²) in [6.07, 6.45) is 0. The second-order valence-corrected chi connectivity index (χ2v) is 1.34. The summed E-state index contributed by atoms with van der Waals surface area (Å²) in [5.74, 6) is 0. The molecule has 0 bridgehead atoms. The van der Waals surface area contributed by atoms with E-state index in [-0.39, 0.29) is 58.3 Å².